The number of aryl methyl sites for hydroxylation is 2. The van der Waals surface area contributed by atoms with Gasteiger partial charge in [0, 0.05) is 17.5 Å². The SMILES string of the molecule is Cc1csc(NC(=O)c2ccc(N3CCCCS3(=O)=O)c(C)c2)n1. The van der Waals surface area contributed by atoms with Gasteiger partial charge >= 0.3 is 0 Å². The van der Waals surface area contributed by atoms with E-state index in [1.54, 1.807) is 18.2 Å². The minimum absolute atomic E-state index is 0.179. The molecule has 1 aliphatic heterocycles. The fourth-order valence-electron chi connectivity index (χ4n) is 2.72. The summed E-state index contributed by atoms with van der Waals surface area (Å²) in [5.74, 6) is -0.0709. The third-order valence-electron chi connectivity index (χ3n) is 3.92. The topological polar surface area (TPSA) is 79.4 Å². The summed E-state index contributed by atoms with van der Waals surface area (Å²) in [4.78, 5) is 16.5. The van der Waals surface area contributed by atoms with Gasteiger partial charge in [-0.3, -0.25) is 14.4 Å². The van der Waals surface area contributed by atoms with Gasteiger partial charge in [-0.2, -0.15) is 0 Å². The maximum absolute atomic E-state index is 12.3. The van der Waals surface area contributed by atoms with Gasteiger partial charge in [-0.25, -0.2) is 13.4 Å². The van der Waals surface area contributed by atoms with Crippen LogP contribution in [0, 0.1) is 13.8 Å². The largest absolute Gasteiger partial charge is 0.298 e. The van der Waals surface area contributed by atoms with Crippen molar-refractivity contribution >= 4 is 38.1 Å². The minimum atomic E-state index is -3.25. The van der Waals surface area contributed by atoms with Crippen molar-refractivity contribution in [1.82, 2.24) is 4.98 Å². The van der Waals surface area contributed by atoms with E-state index in [9.17, 15) is 13.2 Å². The maximum atomic E-state index is 12.3. The first-order valence-electron chi connectivity index (χ1n) is 7.71. The highest BCUT2D eigenvalue weighted by atomic mass is 32.2. The zero-order chi connectivity index (χ0) is 17.3. The fraction of sp³-hybridized carbons (Fsp3) is 0.375. The molecule has 0 aliphatic carbocycles. The summed E-state index contributed by atoms with van der Waals surface area (Å²) in [6.45, 7) is 4.18. The average molecular weight is 365 g/mol. The molecule has 1 aromatic heterocycles. The maximum Gasteiger partial charge on any atom is 0.257 e. The summed E-state index contributed by atoms with van der Waals surface area (Å²) in [6.07, 6.45) is 1.55. The van der Waals surface area contributed by atoms with Crippen molar-refractivity contribution in [3.05, 3.63) is 40.4 Å². The molecule has 2 aromatic rings. The summed E-state index contributed by atoms with van der Waals surface area (Å²) < 4.78 is 25.9. The van der Waals surface area contributed by atoms with Crippen LogP contribution in [0.25, 0.3) is 0 Å². The van der Waals surface area contributed by atoms with Crippen molar-refractivity contribution in [2.75, 3.05) is 21.9 Å². The number of thiazole rings is 1. The highest BCUT2D eigenvalue weighted by molar-refractivity contribution is 7.92. The van der Waals surface area contributed by atoms with Crippen molar-refractivity contribution in [2.24, 2.45) is 0 Å². The number of nitrogens with one attached hydrogen (secondary N) is 1. The molecule has 1 aliphatic rings. The second kappa shape index (κ2) is 6.52. The molecule has 6 nitrogen and oxygen atoms in total. The molecular weight excluding hydrogens is 346 g/mol. The molecule has 1 saturated heterocycles. The van der Waals surface area contributed by atoms with E-state index in [-0.39, 0.29) is 11.7 Å². The van der Waals surface area contributed by atoms with Crippen molar-refractivity contribution in [3.8, 4) is 0 Å². The number of amides is 1. The number of hydrogen-bond donors (Lipinski definition) is 1. The van der Waals surface area contributed by atoms with Crippen LogP contribution in [-0.2, 0) is 10.0 Å². The Morgan fingerprint density at radius 2 is 2.08 bits per heavy atom. The van der Waals surface area contributed by atoms with Gasteiger partial charge in [0.25, 0.3) is 5.91 Å². The smallest absolute Gasteiger partial charge is 0.257 e. The Balaban J connectivity index is 1.83. The van der Waals surface area contributed by atoms with Gasteiger partial charge in [-0.05, 0) is 50.5 Å². The number of nitrogens with zero attached hydrogens (tertiary/aromatic N) is 2. The zero-order valence-corrected chi connectivity index (χ0v) is 15.2. The third kappa shape index (κ3) is 3.44. The molecule has 0 radical (unpaired) electrons. The number of anilines is 2. The summed E-state index contributed by atoms with van der Waals surface area (Å²) in [7, 11) is -3.25. The van der Waals surface area contributed by atoms with Gasteiger partial charge < -0.3 is 0 Å². The standard InChI is InChI=1S/C16H19N3O3S2/c1-11-9-13(15(20)18-16-17-12(2)10-23-16)5-6-14(11)19-7-3-4-8-24(19,21)22/h5-6,9-10H,3-4,7-8H2,1-2H3,(H,17,18,20). The first-order chi connectivity index (χ1) is 11.4. The number of carbonyl (C=O) groups excluding carboxylic acids is 1. The van der Waals surface area contributed by atoms with Gasteiger partial charge in [-0.1, -0.05) is 0 Å². The Morgan fingerprint density at radius 3 is 2.71 bits per heavy atom. The van der Waals surface area contributed by atoms with E-state index in [0.29, 0.717) is 29.3 Å². The first-order valence-corrected chi connectivity index (χ1v) is 10.2. The van der Waals surface area contributed by atoms with Crippen molar-refractivity contribution in [2.45, 2.75) is 26.7 Å². The van der Waals surface area contributed by atoms with Crippen molar-refractivity contribution in [1.29, 1.82) is 0 Å². The lowest BCUT2D eigenvalue weighted by Crippen LogP contribution is -2.38. The first kappa shape index (κ1) is 16.9. The van der Waals surface area contributed by atoms with E-state index in [2.05, 4.69) is 10.3 Å². The number of aromatic nitrogens is 1. The van der Waals surface area contributed by atoms with Gasteiger partial charge in [0.1, 0.15) is 0 Å². The monoisotopic (exact) mass is 365 g/mol. The van der Waals surface area contributed by atoms with Crippen LogP contribution in [0.15, 0.2) is 23.6 Å². The van der Waals surface area contributed by atoms with Crippen LogP contribution in [0.5, 0.6) is 0 Å². The second-order valence-corrected chi connectivity index (χ2v) is 8.72. The van der Waals surface area contributed by atoms with Crippen LogP contribution in [0.3, 0.4) is 0 Å². The van der Waals surface area contributed by atoms with Gasteiger partial charge in [0.15, 0.2) is 5.13 Å². The number of sulfonamides is 1. The molecule has 1 fully saturated rings. The van der Waals surface area contributed by atoms with Gasteiger partial charge in [0.05, 0.1) is 17.1 Å². The lowest BCUT2D eigenvalue weighted by Gasteiger charge is -2.29. The second-order valence-electron chi connectivity index (χ2n) is 5.84. The third-order valence-corrected chi connectivity index (χ3v) is 6.65. The molecule has 0 unspecified atom stereocenters. The predicted octanol–water partition coefficient (Wildman–Crippen LogP) is 2.94. The summed E-state index contributed by atoms with van der Waals surface area (Å²) in [5, 5.41) is 5.18. The minimum Gasteiger partial charge on any atom is -0.298 e. The molecule has 24 heavy (non-hydrogen) atoms. The van der Waals surface area contributed by atoms with E-state index >= 15 is 0 Å². The Hall–Kier alpha value is -1.93. The number of hydrogen-bond acceptors (Lipinski definition) is 5. The molecule has 1 N–H and O–H groups in total. The Morgan fingerprint density at radius 1 is 1.29 bits per heavy atom. The molecule has 1 amide bonds. The van der Waals surface area contributed by atoms with Crippen molar-refractivity contribution < 1.29 is 13.2 Å². The molecule has 0 atom stereocenters. The van der Waals surface area contributed by atoms with Crippen LogP contribution in [-0.4, -0.2) is 31.6 Å². The van der Waals surface area contributed by atoms with Crippen LogP contribution in [0.1, 0.15) is 34.5 Å². The summed E-state index contributed by atoms with van der Waals surface area (Å²) >= 11 is 1.37. The molecule has 8 heteroatoms. The molecule has 2 heterocycles. The summed E-state index contributed by atoms with van der Waals surface area (Å²) in [5.41, 5.74) is 2.76. The molecule has 0 spiro atoms. The van der Waals surface area contributed by atoms with Gasteiger partial charge in [0.2, 0.25) is 10.0 Å². The molecular formula is C16H19N3O3S2. The highest BCUT2D eigenvalue weighted by Gasteiger charge is 2.27. The van der Waals surface area contributed by atoms with E-state index < -0.39 is 10.0 Å². The number of benzene rings is 1. The Labute approximate surface area is 145 Å². The molecule has 0 bridgehead atoms. The fourth-order valence-corrected chi connectivity index (χ4v) is 5.10. The van der Waals surface area contributed by atoms with Crippen molar-refractivity contribution in [3.63, 3.8) is 0 Å². The van der Waals surface area contributed by atoms with E-state index in [0.717, 1.165) is 17.7 Å². The normalized spacial score (nSPS) is 16.8. The van der Waals surface area contributed by atoms with Crippen LogP contribution >= 0.6 is 11.3 Å². The van der Waals surface area contributed by atoms with E-state index in [1.807, 2.05) is 19.2 Å². The summed E-state index contributed by atoms with van der Waals surface area (Å²) in [6, 6.07) is 5.08. The Kier molecular flexibility index (Phi) is 4.60. The Bertz CT molecular complexity index is 874. The zero-order valence-electron chi connectivity index (χ0n) is 13.6. The highest BCUT2D eigenvalue weighted by Crippen LogP contribution is 2.28. The number of carbonyl (C=O) groups is 1. The lowest BCUT2D eigenvalue weighted by atomic mass is 10.1. The van der Waals surface area contributed by atoms with E-state index in [1.165, 1.54) is 15.6 Å². The van der Waals surface area contributed by atoms with Crippen LogP contribution < -0.4 is 9.62 Å². The van der Waals surface area contributed by atoms with Crippen LogP contribution in [0.4, 0.5) is 10.8 Å². The molecule has 0 saturated carbocycles. The lowest BCUT2D eigenvalue weighted by molar-refractivity contribution is 0.102. The molecule has 128 valence electrons. The molecule has 3 rings (SSSR count). The molecule has 1 aromatic carbocycles. The van der Waals surface area contributed by atoms with Gasteiger partial charge in [-0.15, -0.1) is 11.3 Å². The predicted molar refractivity (Wildman–Crippen MR) is 96.4 cm³/mol. The van der Waals surface area contributed by atoms with E-state index in [4.69, 9.17) is 0 Å². The number of rotatable bonds is 3. The average Bonchev–Trinajstić information content (AvgIpc) is 2.92. The quantitative estimate of drug-likeness (QED) is 0.907. The van der Waals surface area contributed by atoms with Crippen LogP contribution in [0.2, 0.25) is 0 Å².